The van der Waals surface area contributed by atoms with Crippen molar-refractivity contribution >= 4 is 23.4 Å². The van der Waals surface area contributed by atoms with Gasteiger partial charge in [0.2, 0.25) is 5.91 Å². The number of thioether (sulfide) groups is 1. The molecule has 1 aliphatic rings. The summed E-state index contributed by atoms with van der Waals surface area (Å²) >= 11 is 1.59. The van der Waals surface area contributed by atoms with Crippen LogP contribution in [0.5, 0.6) is 11.5 Å². The minimum absolute atomic E-state index is 0.0393. The summed E-state index contributed by atoms with van der Waals surface area (Å²) in [6.45, 7) is 2.49. The Morgan fingerprint density at radius 2 is 1.85 bits per heavy atom. The summed E-state index contributed by atoms with van der Waals surface area (Å²) in [5.41, 5.74) is 3.69. The molecule has 26 heavy (non-hydrogen) atoms. The molecule has 0 aromatic heterocycles. The van der Waals surface area contributed by atoms with E-state index in [4.69, 9.17) is 9.47 Å². The lowest BCUT2D eigenvalue weighted by Gasteiger charge is -2.13. The van der Waals surface area contributed by atoms with E-state index in [1.165, 1.54) is 17.5 Å². The van der Waals surface area contributed by atoms with Crippen LogP contribution in [0.4, 0.5) is 5.69 Å². The minimum atomic E-state index is -0.122. The molecule has 138 valence electrons. The van der Waals surface area contributed by atoms with Gasteiger partial charge in [-0.05, 0) is 73.7 Å². The fourth-order valence-corrected chi connectivity index (χ4v) is 3.77. The average Bonchev–Trinajstić information content (AvgIpc) is 3.13. The number of amides is 1. The first-order valence-corrected chi connectivity index (χ1v) is 10.0. The lowest BCUT2D eigenvalue weighted by Crippen LogP contribution is -2.23. The third kappa shape index (κ3) is 4.94. The molecule has 0 saturated carbocycles. The van der Waals surface area contributed by atoms with E-state index in [0.29, 0.717) is 6.61 Å². The number of hydrogen-bond acceptors (Lipinski definition) is 4. The average molecular weight is 372 g/mol. The number of carbonyl (C=O) groups excluding carboxylic acids is 1. The summed E-state index contributed by atoms with van der Waals surface area (Å²) < 4.78 is 10.8. The van der Waals surface area contributed by atoms with E-state index < -0.39 is 0 Å². The molecule has 1 aliphatic carbocycles. The van der Waals surface area contributed by atoms with Crippen molar-refractivity contribution in [1.82, 2.24) is 0 Å². The van der Waals surface area contributed by atoms with Crippen molar-refractivity contribution < 1.29 is 14.3 Å². The Labute approximate surface area is 159 Å². The number of carbonyl (C=O) groups is 1. The second kappa shape index (κ2) is 8.99. The van der Waals surface area contributed by atoms with Crippen molar-refractivity contribution in [3.8, 4) is 11.5 Å². The highest BCUT2D eigenvalue weighted by molar-refractivity contribution is 8.00. The monoisotopic (exact) mass is 371 g/mol. The highest BCUT2D eigenvalue weighted by Crippen LogP contribution is 2.25. The third-order valence-electron chi connectivity index (χ3n) is 4.51. The van der Waals surface area contributed by atoms with Crippen LogP contribution in [-0.2, 0) is 17.6 Å². The van der Waals surface area contributed by atoms with Crippen molar-refractivity contribution in [3.05, 3.63) is 53.6 Å². The predicted molar refractivity (Wildman–Crippen MR) is 108 cm³/mol. The number of rotatable bonds is 8. The molecule has 0 spiro atoms. The Morgan fingerprint density at radius 1 is 1.12 bits per heavy atom. The van der Waals surface area contributed by atoms with E-state index in [9.17, 15) is 4.79 Å². The molecule has 0 saturated heterocycles. The molecule has 2 aromatic rings. The van der Waals surface area contributed by atoms with Crippen LogP contribution < -0.4 is 14.8 Å². The number of benzene rings is 2. The van der Waals surface area contributed by atoms with E-state index in [1.807, 2.05) is 37.3 Å². The highest BCUT2D eigenvalue weighted by atomic mass is 32.2. The molecule has 0 aliphatic heterocycles. The first-order valence-electron chi connectivity index (χ1n) is 8.97. The van der Waals surface area contributed by atoms with Crippen molar-refractivity contribution in [2.45, 2.75) is 31.4 Å². The second-order valence-corrected chi connectivity index (χ2v) is 7.81. The Morgan fingerprint density at radius 3 is 2.62 bits per heavy atom. The Balaban J connectivity index is 1.39. The number of methoxy groups -OCH3 is 1. The molecule has 0 unspecified atom stereocenters. The van der Waals surface area contributed by atoms with Gasteiger partial charge < -0.3 is 14.8 Å². The predicted octanol–water partition coefficient (Wildman–Crippen LogP) is 4.32. The summed E-state index contributed by atoms with van der Waals surface area (Å²) in [5, 5.41) is 2.91. The SMILES string of the molecule is COc1ccc(OCCS[C@H](C)C(=O)Nc2ccc3c(c2)CCC3)cc1. The normalized spacial score (nSPS) is 13.8. The van der Waals surface area contributed by atoms with E-state index >= 15 is 0 Å². The fourth-order valence-electron chi connectivity index (χ4n) is 3.03. The lowest BCUT2D eigenvalue weighted by molar-refractivity contribution is -0.115. The van der Waals surface area contributed by atoms with Gasteiger partial charge in [0.05, 0.1) is 19.0 Å². The van der Waals surface area contributed by atoms with E-state index in [2.05, 4.69) is 17.4 Å². The number of anilines is 1. The van der Waals surface area contributed by atoms with E-state index in [-0.39, 0.29) is 11.2 Å². The van der Waals surface area contributed by atoms with Crippen LogP contribution in [0, 0.1) is 0 Å². The third-order valence-corrected chi connectivity index (χ3v) is 5.63. The van der Waals surface area contributed by atoms with Crippen molar-refractivity contribution in [2.24, 2.45) is 0 Å². The zero-order valence-corrected chi connectivity index (χ0v) is 16.1. The Bertz CT molecular complexity index is 745. The Kier molecular flexibility index (Phi) is 6.45. The van der Waals surface area contributed by atoms with Gasteiger partial charge in [0.15, 0.2) is 0 Å². The molecule has 1 N–H and O–H groups in total. The largest absolute Gasteiger partial charge is 0.497 e. The Hall–Kier alpha value is -2.14. The first kappa shape index (κ1) is 18.6. The molecule has 0 heterocycles. The standard InChI is InChI=1S/C21H25NO3S/c1-15(26-13-12-25-20-10-8-19(24-2)9-11-20)21(23)22-18-7-6-16-4-3-5-17(16)14-18/h6-11,14-15H,3-5,12-13H2,1-2H3,(H,22,23)/t15-/m1/s1. The van der Waals surface area contributed by atoms with Crippen molar-refractivity contribution in [3.63, 3.8) is 0 Å². The molecule has 3 rings (SSSR count). The molecule has 1 atom stereocenters. The second-order valence-electron chi connectivity index (χ2n) is 6.36. The first-order chi connectivity index (χ1) is 12.7. The van der Waals surface area contributed by atoms with Gasteiger partial charge in [-0.25, -0.2) is 0 Å². The van der Waals surface area contributed by atoms with Gasteiger partial charge in [-0.1, -0.05) is 6.07 Å². The maximum absolute atomic E-state index is 12.4. The molecule has 2 aromatic carbocycles. The maximum Gasteiger partial charge on any atom is 0.237 e. The zero-order valence-electron chi connectivity index (χ0n) is 15.3. The summed E-state index contributed by atoms with van der Waals surface area (Å²) in [7, 11) is 1.64. The van der Waals surface area contributed by atoms with Gasteiger partial charge in [-0.3, -0.25) is 4.79 Å². The molecule has 4 nitrogen and oxygen atoms in total. The molecule has 5 heteroatoms. The van der Waals surface area contributed by atoms with Crippen LogP contribution in [0.15, 0.2) is 42.5 Å². The smallest absolute Gasteiger partial charge is 0.237 e. The molecule has 0 bridgehead atoms. The van der Waals surface area contributed by atoms with Gasteiger partial charge >= 0.3 is 0 Å². The number of fused-ring (bicyclic) bond motifs is 1. The van der Waals surface area contributed by atoms with Crippen LogP contribution in [-0.4, -0.2) is 30.6 Å². The fraction of sp³-hybridized carbons (Fsp3) is 0.381. The quantitative estimate of drug-likeness (QED) is 0.702. The van der Waals surface area contributed by atoms with E-state index in [0.717, 1.165) is 35.8 Å². The van der Waals surface area contributed by atoms with Gasteiger partial charge in [-0.15, -0.1) is 11.8 Å². The molecule has 0 fully saturated rings. The molecule has 1 amide bonds. The molecule has 0 radical (unpaired) electrons. The van der Waals surface area contributed by atoms with Gasteiger partial charge in [0, 0.05) is 11.4 Å². The van der Waals surface area contributed by atoms with Crippen LogP contribution >= 0.6 is 11.8 Å². The molecular weight excluding hydrogens is 346 g/mol. The van der Waals surface area contributed by atoms with Gasteiger partial charge in [0.1, 0.15) is 11.5 Å². The van der Waals surface area contributed by atoms with Crippen molar-refractivity contribution in [1.29, 1.82) is 0 Å². The zero-order chi connectivity index (χ0) is 18.4. The summed E-state index contributed by atoms with van der Waals surface area (Å²) in [5.74, 6) is 2.41. The number of ether oxygens (including phenoxy) is 2. The van der Waals surface area contributed by atoms with E-state index in [1.54, 1.807) is 18.9 Å². The number of aryl methyl sites for hydroxylation is 2. The summed E-state index contributed by atoms with van der Waals surface area (Å²) in [6, 6.07) is 13.8. The van der Waals surface area contributed by atoms with Gasteiger partial charge in [-0.2, -0.15) is 0 Å². The van der Waals surface area contributed by atoms with Crippen LogP contribution in [0.25, 0.3) is 0 Å². The number of hydrogen-bond donors (Lipinski definition) is 1. The topological polar surface area (TPSA) is 47.6 Å². The maximum atomic E-state index is 12.4. The summed E-state index contributed by atoms with van der Waals surface area (Å²) in [4.78, 5) is 12.4. The van der Waals surface area contributed by atoms with Crippen LogP contribution in [0.1, 0.15) is 24.5 Å². The minimum Gasteiger partial charge on any atom is -0.497 e. The highest BCUT2D eigenvalue weighted by Gasteiger charge is 2.15. The van der Waals surface area contributed by atoms with Crippen molar-refractivity contribution in [2.75, 3.05) is 24.8 Å². The molecular formula is C21H25NO3S. The number of nitrogens with one attached hydrogen (secondary N) is 1. The summed E-state index contributed by atoms with van der Waals surface area (Å²) in [6.07, 6.45) is 3.49. The van der Waals surface area contributed by atoms with Crippen LogP contribution in [0.3, 0.4) is 0 Å². The van der Waals surface area contributed by atoms with Gasteiger partial charge in [0.25, 0.3) is 0 Å². The lowest BCUT2D eigenvalue weighted by atomic mass is 10.1. The van der Waals surface area contributed by atoms with Crippen LogP contribution in [0.2, 0.25) is 0 Å².